The summed E-state index contributed by atoms with van der Waals surface area (Å²) in [6, 6.07) is 2.41. The van der Waals surface area contributed by atoms with Crippen LogP contribution >= 0.6 is 0 Å². The number of nitrogens with zero attached hydrogens (tertiary/aromatic N) is 2. The number of nitrogens with one attached hydrogen (secondary N) is 2. The molecule has 0 bridgehead atoms. The van der Waals surface area contributed by atoms with Crippen LogP contribution in [0.1, 0.15) is 22.5 Å². The number of aromatic nitrogens is 1. The predicted octanol–water partition coefficient (Wildman–Crippen LogP) is 0.0573. The molecule has 0 aliphatic carbocycles. The standard InChI is InChI=1S/C13H18N4O4/c1-14-11(18)4-6-17(2)13(21)16-8-10-7-9(12(19)20)3-5-15-10/h3,5,7H,4,6,8H2,1-2H3,(H,14,18)(H,16,21)(H,19,20). The van der Waals surface area contributed by atoms with Gasteiger partial charge in [-0.15, -0.1) is 0 Å². The number of aromatic carboxylic acids is 1. The monoisotopic (exact) mass is 294 g/mol. The van der Waals surface area contributed by atoms with Gasteiger partial charge in [0, 0.05) is 33.3 Å². The molecule has 8 nitrogen and oxygen atoms in total. The molecule has 0 aromatic carbocycles. The van der Waals surface area contributed by atoms with Crippen LogP contribution in [0.15, 0.2) is 18.3 Å². The van der Waals surface area contributed by atoms with E-state index in [-0.39, 0.29) is 37.0 Å². The molecule has 1 aromatic rings. The molecule has 3 N–H and O–H groups in total. The Balaban J connectivity index is 2.47. The number of carbonyl (C=O) groups excluding carboxylic acids is 2. The molecule has 1 aromatic heterocycles. The predicted molar refractivity (Wildman–Crippen MR) is 74.7 cm³/mol. The third-order valence-electron chi connectivity index (χ3n) is 2.78. The van der Waals surface area contributed by atoms with Crippen molar-refractivity contribution in [3.63, 3.8) is 0 Å². The van der Waals surface area contributed by atoms with Crippen molar-refractivity contribution in [2.75, 3.05) is 20.6 Å². The molecule has 0 aliphatic heterocycles. The van der Waals surface area contributed by atoms with E-state index >= 15 is 0 Å². The van der Waals surface area contributed by atoms with E-state index in [2.05, 4.69) is 15.6 Å². The number of carbonyl (C=O) groups is 3. The summed E-state index contributed by atoms with van der Waals surface area (Å²) in [5, 5.41) is 13.9. The summed E-state index contributed by atoms with van der Waals surface area (Å²) in [5.41, 5.74) is 0.560. The number of hydrogen-bond acceptors (Lipinski definition) is 4. The zero-order chi connectivity index (χ0) is 15.8. The summed E-state index contributed by atoms with van der Waals surface area (Å²) < 4.78 is 0. The van der Waals surface area contributed by atoms with E-state index in [0.717, 1.165) is 0 Å². The first-order valence-corrected chi connectivity index (χ1v) is 6.31. The first-order chi connectivity index (χ1) is 9.93. The van der Waals surface area contributed by atoms with Crippen molar-refractivity contribution in [1.82, 2.24) is 20.5 Å². The average molecular weight is 294 g/mol. The molecule has 0 spiro atoms. The molecule has 0 radical (unpaired) electrons. The molecular weight excluding hydrogens is 276 g/mol. The SMILES string of the molecule is CNC(=O)CCN(C)C(=O)NCc1cc(C(=O)O)ccn1. The maximum Gasteiger partial charge on any atom is 0.335 e. The Morgan fingerprint density at radius 1 is 1.38 bits per heavy atom. The second-order valence-electron chi connectivity index (χ2n) is 4.34. The van der Waals surface area contributed by atoms with Crippen LogP contribution in [0.2, 0.25) is 0 Å². The Bertz CT molecular complexity index is 533. The van der Waals surface area contributed by atoms with E-state index in [9.17, 15) is 14.4 Å². The van der Waals surface area contributed by atoms with Crippen LogP contribution < -0.4 is 10.6 Å². The van der Waals surface area contributed by atoms with E-state index in [1.165, 1.54) is 30.3 Å². The number of amides is 3. The fraction of sp³-hybridized carbons (Fsp3) is 0.385. The molecule has 8 heteroatoms. The van der Waals surface area contributed by atoms with Crippen LogP contribution in [0.25, 0.3) is 0 Å². The number of carboxylic acids is 1. The first-order valence-electron chi connectivity index (χ1n) is 6.31. The molecule has 0 aliphatic rings. The molecule has 0 saturated heterocycles. The van der Waals surface area contributed by atoms with Crippen LogP contribution in [0, 0.1) is 0 Å². The zero-order valence-electron chi connectivity index (χ0n) is 11.9. The van der Waals surface area contributed by atoms with Gasteiger partial charge in [0.1, 0.15) is 0 Å². The minimum absolute atomic E-state index is 0.113. The minimum atomic E-state index is -1.05. The summed E-state index contributed by atoms with van der Waals surface area (Å²) >= 11 is 0. The van der Waals surface area contributed by atoms with Crippen LogP contribution in [0.3, 0.4) is 0 Å². The molecule has 0 saturated carbocycles. The Morgan fingerprint density at radius 3 is 2.71 bits per heavy atom. The molecule has 114 valence electrons. The zero-order valence-corrected chi connectivity index (χ0v) is 11.9. The van der Waals surface area contributed by atoms with Gasteiger partial charge >= 0.3 is 12.0 Å². The second kappa shape index (κ2) is 7.83. The molecule has 1 rings (SSSR count). The summed E-state index contributed by atoms with van der Waals surface area (Å²) in [6.07, 6.45) is 1.59. The summed E-state index contributed by atoms with van der Waals surface area (Å²) in [5.74, 6) is -1.20. The van der Waals surface area contributed by atoms with E-state index < -0.39 is 5.97 Å². The van der Waals surface area contributed by atoms with Gasteiger partial charge in [0.2, 0.25) is 5.91 Å². The molecule has 0 unspecified atom stereocenters. The van der Waals surface area contributed by atoms with Gasteiger partial charge in [-0.25, -0.2) is 9.59 Å². The van der Waals surface area contributed by atoms with Crippen molar-refractivity contribution in [1.29, 1.82) is 0 Å². The van der Waals surface area contributed by atoms with E-state index in [1.807, 2.05) is 0 Å². The number of urea groups is 1. The second-order valence-corrected chi connectivity index (χ2v) is 4.34. The summed E-state index contributed by atoms with van der Waals surface area (Å²) in [7, 11) is 3.10. The van der Waals surface area contributed by atoms with Crippen molar-refractivity contribution in [2.45, 2.75) is 13.0 Å². The fourth-order valence-corrected chi connectivity index (χ4v) is 1.50. The Kier molecular flexibility index (Phi) is 6.12. The topological polar surface area (TPSA) is 112 Å². The van der Waals surface area contributed by atoms with Crippen molar-refractivity contribution in [3.05, 3.63) is 29.6 Å². The van der Waals surface area contributed by atoms with Crippen molar-refractivity contribution < 1.29 is 19.5 Å². The lowest BCUT2D eigenvalue weighted by Crippen LogP contribution is -2.38. The molecule has 0 fully saturated rings. The average Bonchev–Trinajstić information content (AvgIpc) is 2.49. The highest BCUT2D eigenvalue weighted by Gasteiger charge is 2.10. The molecule has 21 heavy (non-hydrogen) atoms. The number of pyridine rings is 1. The molecule has 0 atom stereocenters. The van der Waals surface area contributed by atoms with Gasteiger partial charge in [0.05, 0.1) is 17.8 Å². The highest BCUT2D eigenvalue weighted by atomic mass is 16.4. The molecular formula is C13H18N4O4. The Hall–Kier alpha value is -2.64. The quantitative estimate of drug-likeness (QED) is 0.686. The van der Waals surface area contributed by atoms with E-state index in [1.54, 1.807) is 7.05 Å². The van der Waals surface area contributed by atoms with Gasteiger partial charge in [-0.05, 0) is 12.1 Å². The van der Waals surface area contributed by atoms with Gasteiger partial charge in [0.15, 0.2) is 0 Å². The Morgan fingerprint density at radius 2 is 2.10 bits per heavy atom. The highest BCUT2D eigenvalue weighted by molar-refractivity contribution is 5.87. The van der Waals surface area contributed by atoms with Crippen LogP contribution in [0.4, 0.5) is 4.79 Å². The van der Waals surface area contributed by atoms with Crippen molar-refractivity contribution in [3.8, 4) is 0 Å². The van der Waals surface area contributed by atoms with Gasteiger partial charge in [-0.1, -0.05) is 0 Å². The van der Waals surface area contributed by atoms with Crippen molar-refractivity contribution >= 4 is 17.9 Å². The lowest BCUT2D eigenvalue weighted by atomic mass is 10.2. The lowest BCUT2D eigenvalue weighted by Gasteiger charge is -2.17. The third kappa shape index (κ3) is 5.47. The van der Waals surface area contributed by atoms with E-state index in [4.69, 9.17) is 5.11 Å². The number of carboxylic acid groups (broad SMARTS) is 1. The lowest BCUT2D eigenvalue weighted by molar-refractivity contribution is -0.120. The van der Waals surface area contributed by atoms with Gasteiger partial charge in [-0.3, -0.25) is 9.78 Å². The van der Waals surface area contributed by atoms with E-state index in [0.29, 0.717) is 5.69 Å². The van der Waals surface area contributed by atoms with Crippen molar-refractivity contribution in [2.24, 2.45) is 0 Å². The largest absolute Gasteiger partial charge is 0.478 e. The van der Waals surface area contributed by atoms with Gasteiger partial charge < -0.3 is 20.6 Å². The highest BCUT2D eigenvalue weighted by Crippen LogP contribution is 2.02. The first kappa shape index (κ1) is 16.4. The molecule has 1 heterocycles. The fourth-order valence-electron chi connectivity index (χ4n) is 1.50. The van der Waals surface area contributed by atoms with Gasteiger partial charge in [-0.2, -0.15) is 0 Å². The third-order valence-corrected chi connectivity index (χ3v) is 2.78. The van der Waals surface area contributed by atoms with Crippen LogP contribution in [-0.4, -0.2) is 53.5 Å². The summed E-state index contributed by atoms with van der Waals surface area (Å²) in [4.78, 5) is 39.0. The smallest absolute Gasteiger partial charge is 0.335 e. The maximum atomic E-state index is 11.8. The summed E-state index contributed by atoms with van der Waals surface area (Å²) in [6.45, 7) is 0.401. The number of rotatable bonds is 6. The maximum absolute atomic E-state index is 11.8. The normalized spacial score (nSPS) is 9.81. The number of hydrogen-bond donors (Lipinski definition) is 3. The Labute approximate surface area is 122 Å². The minimum Gasteiger partial charge on any atom is -0.478 e. The van der Waals surface area contributed by atoms with Crippen LogP contribution in [-0.2, 0) is 11.3 Å². The van der Waals surface area contributed by atoms with Crippen LogP contribution in [0.5, 0.6) is 0 Å². The van der Waals surface area contributed by atoms with Gasteiger partial charge in [0.25, 0.3) is 0 Å². The molecule has 3 amide bonds.